The number of esters is 1. The largest absolute Gasteiger partial charge is 0.468 e. The highest BCUT2D eigenvalue weighted by atomic mass is 32.2. The summed E-state index contributed by atoms with van der Waals surface area (Å²) in [5, 5.41) is 0. The summed E-state index contributed by atoms with van der Waals surface area (Å²) >= 11 is 0. The second-order valence-corrected chi connectivity index (χ2v) is 7.20. The Kier molecular flexibility index (Phi) is 6.08. The van der Waals surface area contributed by atoms with Crippen LogP contribution in [-0.2, 0) is 26.2 Å². The van der Waals surface area contributed by atoms with Gasteiger partial charge in [-0.15, -0.1) is 0 Å². The number of methoxy groups -OCH3 is 1. The highest BCUT2D eigenvalue weighted by Crippen LogP contribution is 2.28. The molecule has 7 heteroatoms. The van der Waals surface area contributed by atoms with E-state index < -0.39 is 28.2 Å². The Labute approximate surface area is 131 Å². The van der Waals surface area contributed by atoms with E-state index in [0.717, 1.165) is 4.31 Å². The molecule has 0 aromatic heterocycles. The summed E-state index contributed by atoms with van der Waals surface area (Å²) in [7, 11) is -2.82. The summed E-state index contributed by atoms with van der Waals surface area (Å²) in [5.41, 5.74) is -1.31. The molecule has 0 saturated carbocycles. The summed E-state index contributed by atoms with van der Waals surface area (Å²) in [5.74, 6) is -0.665. The van der Waals surface area contributed by atoms with Gasteiger partial charge in [0.2, 0.25) is 10.0 Å². The molecule has 0 spiro atoms. The van der Waals surface area contributed by atoms with Gasteiger partial charge in [0, 0.05) is 12.1 Å². The molecule has 0 aliphatic heterocycles. The van der Waals surface area contributed by atoms with Gasteiger partial charge >= 0.3 is 5.97 Å². The molecule has 0 bridgehead atoms. The minimum atomic E-state index is -4.03. The molecule has 0 unspecified atom stereocenters. The van der Waals surface area contributed by atoms with Crippen molar-refractivity contribution >= 4 is 16.0 Å². The van der Waals surface area contributed by atoms with Gasteiger partial charge in [-0.05, 0) is 26.3 Å². The number of hydrogen-bond acceptors (Lipinski definition) is 4. The van der Waals surface area contributed by atoms with Gasteiger partial charge in [0.05, 0.1) is 12.0 Å². The number of ether oxygens (including phenoxy) is 1. The first-order valence-electron chi connectivity index (χ1n) is 6.98. The zero-order valence-electron chi connectivity index (χ0n) is 13.3. The van der Waals surface area contributed by atoms with Gasteiger partial charge < -0.3 is 4.74 Å². The average Bonchev–Trinajstić information content (AvgIpc) is 2.51. The minimum Gasteiger partial charge on any atom is -0.468 e. The van der Waals surface area contributed by atoms with E-state index in [1.807, 2.05) is 0 Å². The molecule has 1 aromatic rings. The predicted molar refractivity (Wildman–Crippen MR) is 81.5 cm³/mol. The number of benzene rings is 1. The van der Waals surface area contributed by atoms with Crippen molar-refractivity contribution in [3.63, 3.8) is 0 Å². The van der Waals surface area contributed by atoms with E-state index in [-0.39, 0.29) is 17.0 Å². The summed E-state index contributed by atoms with van der Waals surface area (Å²) in [4.78, 5) is 11.9. The number of alkyl halides is 1. The number of carbonyl (C=O) groups is 1. The van der Waals surface area contributed by atoms with E-state index in [4.69, 9.17) is 4.74 Å². The number of halogens is 1. The molecule has 0 saturated heterocycles. The Hall–Kier alpha value is -1.47. The molecule has 0 radical (unpaired) electrons. The monoisotopic (exact) mass is 331 g/mol. The zero-order chi connectivity index (χ0) is 17.0. The van der Waals surface area contributed by atoms with E-state index in [1.165, 1.54) is 39.2 Å². The van der Waals surface area contributed by atoms with Gasteiger partial charge in [-0.3, -0.25) is 4.79 Å². The van der Waals surface area contributed by atoms with Crippen LogP contribution < -0.4 is 0 Å². The van der Waals surface area contributed by atoms with Crippen LogP contribution in [0.2, 0.25) is 0 Å². The fourth-order valence-electron chi connectivity index (χ4n) is 2.24. The van der Waals surface area contributed by atoms with E-state index in [1.54, 1.807) is 13.0 Å². The van der Waals surface area contributed by atoms with Gasteiger partial charge in [-0.2, -0.15) is 4.31 Å². The SMILES string of the molecule is CCCN(C(C)(C)C(=O)OC)S(=O)(=O)c1ccccc1CF. The predicted octanol–water partition coefficient (Wildman–Crippen LogP) is 2.51. The molecule has 0 aliphatic carbocycles. The van der Waals surface area contributed by atoms with Gasteiger partial charge in [-0.25, -0.2) is 12.8 Å². The fraction of sp³-hybridized carbons (Fsp3) is 0.533. The number of carbonyl (C=O) groups excluding carboxylic acids is 1. The van der Waals surface area contributed by atoms with Gasteiger partial charge in [0.15, 0.2) is 0 Å². The molecule has 1 aromatic carbocycles. The number of nitrogens with zero attached hydrogens (tertiary/aromatic N) is 1. The Morgan fingerprint density at radius 1 is 1.32 bits per heavy atom. The van der Waals surface area contributed by atoms with Crippen molar-refractivity contribution in [3.05, 3.63) is 29.8 Å². The quantitative estimate of drug-likeness (QED) is 0.720. The molecular formula is C15H22FNO4S. The van der Waals surface area contributed by atoms with Crippen molar-refractivity contribution in [2.45, 2.75) is 44.3 Å². The molecule has 0 heterocycles. The van der Waals surface area contributed by atoms with Gasteiger partial charge in [0.25, 0.3) is 0 Å². The van der Waals surface area contributed by atoms with Crippen molar-refractivity contribution in [3.8, 4) is 0 Å². The fourth-order valence-corrected chi connectivity index (χ4v) is 4.28. The van der Waals surface area contributed by atoms with Crippen LogP contribution >= 0.6 is 0 Å². The summed E-state index contributed by atoms with van der Waals surface area (Å²) in [6, 6.07) is 5.87. The summed E-state index contributed by atoms with van der Waals surface area (Å²) in [6.45, 7) is 3.99. The topological polar surface area (TPSA) is 63.7 Å². The van der Waals surface area contributed by atoms with Crippen LogP contribution in [-0.4, -0.2) is 37.9 Å². The molecule has 0 fully saturated rings. The van der Waals surface area contributed by atoms with E-state index >= 15 is 0 Å². The number of rotatable bonds is 7. The lowest BCUT2D eigenvalue weighted by atomic mass is 10.1. The van der Waals surface area contributed by atoms with Crippen LogP contribution in [0, 0.1) is 0 Å². The highest BCUT2D eigenvalue weighted by Gasteiger charge is 2.43. The maximum atomic E-state index is 13.1. The Bertz CT molecular complexity index is 628. The second kappa shape index (κ2) is 7.19. The van der Waals surface area contributed by atoms with Crippen LogP contribution in [0.25, 0.3) is 0 Å². The average molecular weight is 331 g/mol. The van der Waals surface area contributed by atoms with Crippen LogP contribution in [0.1, 0.15) is 32.8 Å². The Morgan fingerprint density at radius 3 is 2.41 bits per heavy atom. The third-order valence-electron chi connectivity index (χ3n) is 3.42. The lowest BCUT2D eigenvalue weighted by Crippen LogP contribution is -2.53. The standard InChI is InChI=1S/C15H22FNO4S/c1-5-10-17(15(2,3)14(18)21-4)22(19,20)13-9-7-6-8-12(13)11-16/h6-9H,5,10-11H2,1-4H3. The van der Waals surface area contributed by atoms with Crippen LogP contribution in [0.3, 0.4) is 0 Å². The van der Waals surface area contributed by atoms with Crippen LogP contribution in [0.4, 0.5) is 4.39 Å². The molecule has 0 amide bonds. The summed E-state index contributed by atoms with van der Waals surface area (Å²) < 4.78 is 44.7. The third-order valence-corrected chi connectivity index (χ3v) is 5.59. The lowest BCUT2D eigenvalue weighted by Gasteiger charge is -2.35. The van der Waals surface area contributed by atoms with Crippen molar-refractivity contribution in [2.75, 3.05) is 13.7 Å². The zero-order valence-corrected chi connectivity index (χ0v) is 14.1. The van der Waals surface area contributed by atoms with Crippen molar-refractivity contribution in [1.82, 2.24) is 4.31 Å². The molecule has 5 nitrogen and oxygen atoms in total. The number of hydrogen-bond donors (Lipinski definition) is 0. The van der Waals surface area contributed by atoms with Gasteiger partial charge in [0.1, 0.15) is 12.2 Å². The summed E-state index contributed by atoms with van der Waals surface area (Å²) in [6.07, 6.45) is 0.511. The van der Waals surface area contributed by atoms with E-state index in [2.05, 4.69) is 0 Å². The molecule has 0 atom stereocenters. The Balaban J connectivity index is 3.45. The number of sulfonamides is 1. The maximum absolute atomic E-state index is 13.1. The molecular weight excluding hydrogens is 309 g/mol. The lowest BCUT2D eigenvalue weighted by molar-refractivity contribution is -0.150. The molecule has 0 N–H and O–H groups in total. The van der Waals surface area contributed by atoms with E-state index in [0.29, 0.717) is 6.42 Å². The van der Waals surface area contributed by atoms with Crippen molar-refractivity contribution in [2.24, 2.45) is 0 Å². The smallest absolute Gasteiger partial charge is 0.326 e. The van der Waals surface area contributed by atoms with Crippen molar-refractivity contribution in [1.29, 1.82) is 0 Å². The Morgan fingerprint density at radius 2 is 1.91 bits per heavy atom. The minimum absolute atomic E-state index is 0.0734. The first-order chi connectivity index (χ1) is 10.2. The van der Waals surface area contributed by atoms with Crippen molar-refractivity contribution < 1.29 is 22.3 Å². The van der Waals surface area contributed by atoms with Crippen LogP contribution in [0.5, 0.6) is 0 Å². The van der Waals surface area contributed by atoms with Gasteiger partial charge in [-0.1, -0.05) is 25.1 Å². The second-order valence-electron chi connectivity index (χ2n) is 5.37. The highest BCUT2D eigenvalue weighted by molar-refractivity contribution is 7.89. The molecule has 124 valence electrons. The first kappa shape index (κ1) is 18.6. The third kappa shape index (κ3) is 3.47. The normalized spacial score (nSPS) is 12.5. The van der Waals surface area contributed by atoms with Crippen LogP contribution in [0.15, 0.2) is 29.2 Å². The molecule has 1 rings (SSSR count). The maximum Gasteiger partial charge on any atom is 0.326 e. The van der Waals surface area contributed by atoms with E-state index in [9.17, 15) is 17.6 Å². The first-order valence-corrected chi connectivity index (χ1v) is 8.42. The molecule has 0 aliphatic rings. The molecule has 22 heavy (non-hydrogen) atoms.